The maximum absolute atomic E-state index is 12.2. The number of rotatable bonds is 2. The number of nitrogens with zero attached hydrogens (tertiary/aromatic N) is 1. The highest BCUT2D eigenvalue weighted by atomic mass is 16.1. The molecule has 2 rings (SSSR count). The number of carbonyl (C=O) groups is 1. The van der Waals surface area contributed by atoms with Crippen LogP contribution in [0.1, 0.15) is 44.0 Å². The summed E-state index contributed by atoms with van der Waals surface area (Å²) in [6, 6.07) is 7.47. The van der Waals surface area contributed by atoms with Gasteiger partial charge >= 0.3 is 0 Å². The summed E-state index contributed by atoms with van der Waals surface area (Å²) >= 11 is 0. The number of nitrogen functional groups attached to an aromatic ring is 1. The average molecular weight is 275 g/mol. The Morgan fingerprint density at radius 2 is 1.85 bits per heavy atom. The topological polar surface area (TPSA) is 58.4 Å². The van der Waals surface area contributed by atoms with Gasteiger partial charge in [-0.2, -0.15) is 0 Å². The van der Waals surface area contributed by atoms with Gasteiger partial charge in [0.1, 0.15) is 0 Å². The van der Waals surface area contributed by atoms with Crippen LogP contribution in [-0.4, -0.2) is 35.5 Å². The molecule has 0 aliphatic carbocycles. The molecule has 3 N–H and O–H groups in total. The van der Waals surface area contributed by atoms with Gasteiger partial charge in [-0.25, -0.2) is 0 Å². The summed E-state index contributed by atoms with van der Waals surface area (Å²) in [6.07, 6.45) is 1.99. The highest BCUT2D eigenvalue weighted by Crippen LogP contribution is 2.20. The second-order valence-corrected chi connectivity index (χ2v) is 6.49. The van der Waals surface area contributed by atoms with E-state index >= 15 is 0 Å². The number of hydrogen-bond acceptors (Lipinski definition) is 3. The van der Waals surface area contributed by atoms with Crippen LogP contribution in [0.2, 0.25) is 0 Å². The fourth-order valence-electron chi connectivity index (χ4n) is 2.66. The molecule has 1 fully saturated rings. The van der Waals surface area contributed by atoms with Crippen LogP contribution < -0.4 is 11.1 Å². The standard InChI is InChI=1S/C16H25N3O/c1-16(2,3)19-10-8-12(9-11-19)18-15(20)13-6-4-5-7-14(13)17/h4-7,12H,8-11,17H2,1-3H3,(H,18,20). The predicted molar refractivity (Wildman–Crippen MR) is 82.7 cm³/mol. The fourth-order valence-corrected chi connectivity index (χ4v) is 2.66. The van der Waals surface area contributed by atoms with Gasteiger partial charge in [-0.3, -0.25) is 9.69 Å². The van der Waals surface area contributed by atoms with Gasteiger partial charge in [0.05, 0.1) is 5.56 Å². The lowest BCUT2D eigenvalue weighted by molar-refractivity contribution is 0.0813. The summed E-state index contributed by atoms with van der Waals surface area (Å²) < 4.78 is 0. The molecule has 1 aromatic rings. The lowest BCUT2D eigenvalue weighted by Crippen LogP contribution is -2.50. The van der Waals surface area contributed by atoms with Crippen LogP contribution in [0.15, 0.2) is 24.3 Å². The first-order chi connectivity index (χ1) is 9.38. The summed E-state index contributed by atoms with van der Waals surface area (Å²) in [5.41, 5.74) is 7.16. The van der Waals surface area contributed by atoms with Crippen LogP contribution in [0.5, 0.6) is 0 Å². The molecule has 1 aliphatic rings. The number of nitrogens with one attached hydrogen (secondary N) is 1. The van der Waals surface area contributed by atoms with Crippen molar-refractivity contribution in [2.75, 3.05) is 18.8 Å². The molecule has 0 atom stereocenters. The molecular formula is C16H25N3O. The molecule has 1 heterocycles. The smallest absolute Gasteiger partial charge is 0.253 e. The molecule has 1 saturated heterocycles. The first-order valence-electron chi connectivity index (χ1n) is 7.28. The Bertz CT molecular complexity index is 471. The third-order valence-electron chi connectivity index (χ3n) is 3.98. The van der Waals surface area contributed by atoms with E-state index in [4.69, 9.17) is 5.73 Å². The maximum atomic E-state index is 12.2. The Morgan fingerprint density at radius 1 is 1.25 bits per heavy atom. The third kappa shape index (κ3) is 3.51. The Kier molecular flexibility index (Phi) is 4.33. The van der Waals surface area contributed by atoms with Gasteiger partial charge in [0, 0.05) is 30.4 Å². The van der Waals surface area contributed by atoms with Crippen molar-refractivity contribution in [3.05, 3.63) is 29.8 Å². The summed E-state index contributed by atoms with van der Waals surface area (Å²) in [6.45, 7) is 8.75. The highest BCUT2D eigenvalue weighted by Gasteiger charge is 2.27. The first-order valence-corrected chi connectivity index (χ1v) is 7.28. The molecule has 0 bridgehead atoms. The number of hydrogen-bond donors (Lipinski definition) is 2. The van der Waals surface area contributed by atoms with Gasteiger partial charge in [-0.1, -0.05) is 12.1 Å². The third-order valence-corrected chi connectivity index (χ3v) is 3.98. The summed E-state index contributed by atoms with van der Waals surface area (Å²) in [7, 11) is 0. The molecule has 4 nitrogen and oxygen atoms in total. The molecule has 1 amide bonds. The lowest BCUT2D eigenvalue weighted by Gasteiger charge is -2.41. The van der Waals surface area contributed by atoms with Crippen molar-refractivity contribution in [2.45, 2.75) is 45.2 Å². The zero-order valence-corrected chi connectivity index (χ0v) is 12.6. The molecular weight excluding hydrogens is 250 g/mol. The molecule has 0 aromatic heterocycles. The normalized spacial score (nSPS) is 17.9. The number of amides is 1. The molecule has 20 heavy (non-hydrogen) atoms. The summed E-state index contributed by atoms with van der Waals surface area (Å²) in [5.74, 6) is -0.0580. The van der Waals surface area contributed by atoms with E-state index in [9.17, 15) is 4.79 Å². The molecule has 0 spiro atoms. The van der Waals surface area contributed by atoms with E-state index in [1.54, 1.807) is 12.1 Å². The fraction of sp³-hybridized carbons (Fsp3) is 0.562. The van der Waals surface area contributed by atoms with Crippen molar-refractivity contribution >= 4 is 11.6 Å². The van der Waals surface area contributed by atoms with Gasteiger partial charge in [0.2, 0.25) is 0 Å². The predicted octanol–water partition coefficient (Wildman–Crippen LogP) is 2.26. The van der Waals surface area contributed by atoms with E-state index in [2.05, 4.69) is 31.0 Å². The van der Waals surface area contributed by atoms with Crippen LogP contribution in [0.4, 0.5) is 5.69 Å². The molecule has 0 radical (unpaired) electrons. The Morgan fingerprint density at radius 3 is 2.40 bits per heavy atom. The van der Waals surface area contributed by atoms with Crippen LogP contribution >= 0.6 is 0 Å². The number of para-hydroxylation sites is 1. The number of nitrogens with two attached hydrogens (primary N) is 1. The SMILES string of the molecule is CC(C)(C)N1CCC(NC(=O)c2ccccc2N)CC1. The maximum Gasteiger partial charge on any atom is 0.253 e. The quantitative estimate of drug-likeness (QED) is 0.814. The Labute approximate surface area is 121 Å². The van der Waals surface area contributed by atoms with E-state index in [0.717, 1.165) is 25.9 Å². The monoisotopic (exact) mass is 275 g/mol. The van der Waals surface area contributed by atoms with Crippen molar-refractivity contribution in [1.29, 1.82) is 0 Å². The van der Waals surface area contributed by atoms with E-state index in [1.165, 1.54) is 0 Å². The van der Waals surface area contributed by atoms with Crippen LogP contribution in [0, 0.1) is 0 Å². The molecule has 0 saturated carbocycles. The Balaban J connectivity index is 1.90. The van der Waals surface area contributed by atoms with Crippen molar-refractivity contribution in [3.8, 4) is 0 Å². The molecule has 1 aromatic carbocycles. The van der Waals surface area contributed by atoms with E-state index < -0.39 is 0 Å². The van der Waals surface area contributed by atoms with Crippen molar-refractivity contribution in [1.82, 2.24) is 10.2 Å². The zero-order valence-electron chi connectivity index (χ0n) is 12.6. The minimum absolute atomic E-state index is 0.0580. The minimum Gasteiger partial charge on any atom is -0.398 e. The van der Waals surface area contributed by atoms with E-state index in [1.807, 2.05) is 12.1 Å². The number of likely N-dealkylation sites (tertiary alicyclic amines) is 1. The van der Waals surface area contributed by atoms with Gasteiger partial charge in [-0.05, 0) is 45.7 Å². The Hall–Kier alpha value is -1.55. The van der Waals surface area contributed by atoms with E-state index in [0.29, 0.717) is 11.3 Å². The van der Waals surface area contributed by atoms with Crippen molar-refractivity contribution in [2.24, 2.45) is 0 Å². The van der Waals surface area contributed by atoms with Gasteiger partial charge < -0.3 is 11.1 Å². The molecule has 110 valence electrons. The van der Waals surface area contributed by atoms with Gasteiger partial charge in [0.15, 0.2) is 0 Å². The lowest BCUT2D eigenvalue weighted by atomic mass is 9.98. The zero-order chi connectivity index (χ0) is 14.8. The second kappa shape index (κ2) is 5.83. The van der Waals surface area contributed by atoms with Crippen LogP contribution in [-0.2, 0) is 0 Å². The number of piperidine rings is 1. The van der Waals surface area contributed by atoms with Crippen molar-refractivity contribution < 1.29 is 4.79 Å². The molecule has 4 heteroatoms. The highest BCUT2D eigenvalue weighted by molar-refractivity contribution is 5.99. The van der Waals surface area contributed by atoms with Crippen molar-refractivity contribution in [3.63, 3.8) is 0 Å². The number of benzene rings is 1. The summed E-state index contributed by atoms with van der Waals surface area (Å²) in [4.78, 5) is 14.7. The molecule has 0 unspecified atom stereocenters. The van der Waals surface area contributed by atoms with Gasteiger partial charge in [0.25, 0.3) is 5.91 Å². The number of anilines is 1. The average Bonchev–Trinajstić information content (AvgIpc) is 2.38. The first kappa shape index (κ1) is 14.9. The van der Waals surface area contributed by atoms with Gasteiger partial charge in [-0.15, -0.1) is 0 Å². The summed E-state index contributed by atoms with van der Waals surface area (Å²) in [5, 5.41) is 3.10. The molecule has 1 aliphatic heterocycles. The van der Waals surface area contributed by atoms with Crippen LogP contribution in [0.25, 0.3) is 0 Å². The number of carbonyl (C=O) groups excluding carboxylic acids is 1. The van der Waals surface area contributed by atoms with Crippen LogP contribution in [0.3, 0.4) is 0 Å². The van der Waals surface area contributed by atoms with E-state index in [-0.39, 0.29) is 17.5 Å². The second-order valence-electron chi connectivity index (χ2n) is 6.49. The largest absolute Gasteiger partial charge is 0.398 e. The minimum atomic E-state index is -0.0580.